The minimum absolute atomic E-state index is 0.00958. The first-order valence-electron chi connectivity index (χ1n) is 7.03. The molecule has 3 unspecified atom stereocenters. The van der Waals surface area contributed by atoms with E-state index in [0.29, 0.717) is 12.3 Å². The topological polar surface area (TPSA) is 96.8 Å². The molecule has 1 heterocycles. The van der Waals surface area contributed by atoms with Gasteiger partial charge < -0.3 is 15.8 Å². The van der Waals surface area contributed by atoms with E-state index in [-0.39, 0.29) is 23.9 Å². The summed E-state index contributed by atoms with van der Waals surface area (Å²) in [6, 6.07) is 9.69. The van der Waals surface area contributed by atoms with Crippen LogP contribution in [0, 0.1) is 11.3 Å². The Balaban J connectivity index is 1.97. The van der Waals surface area contributed by atoms with Gasteiger partial charge in [0.1, 0.15) is 6.07 Å². The van der Waals surface area contributed by atoms with Gasteiger partial charge in [-0.1, -0.05) is 18.2 Å². The van der Waals surface area contributed by atoms with Crippen molar-refractivity contribution in [1.29, 1.82) is 5.26 Å². The number of fused-ring (bicyclic) bond motifs is 1. The molecule has 1 saturated carbocycles. The fourth-order valence-corrected chi connectivity index (χ4v) is 2.67. The molecule has 6 heteroatoms. The monoisotopic (exact) mass is 283 g/mol. The summed E-state index contributed by atoms with van der Waals surface area (Å²) in [5, 5.41) is 21.5. The third-order valence-corrected chi connectivity index (χ3v) is 3.83. The third-order valence-electron chi connectivity index (χ3n) is 3.83. The average molecular weight is 283 g/mol. The molecular weight excluding hydrogens is 266 g/mol. The highest BCUT2D eigenvalue weighted by Crippen LogP contribution is 2.30. The molecular formula is C15H17N5O. The van der Waals surface area contributed by atoms with Crippen molar-refractivity contribution in [2.24, 2.45) is 5.73 Å². The van der Waals surface area contributed by atoms with Gasteiger partial charge in [0, 0.05) is 18.0 Å². The Morgan fingerprint density at radius 3 is 2.95 bits per heavy atom. The van der Waals surface area contributed by atoms with E-state index in [2.05, 4.69) is 21.6 Å². The molecule has 0 radical (unpaired) electrons. The molecule has 3 atom stereocenters. The van der Waals surface area contributed by atoms with Crippen molar-refractivity contribution in [3.05, 3.63) is 30.0 Å². The van der Waals surface area contributed by atoms with Crippen molar-refractivity contribution in [2.45, 2.75) is 31.5 Å². The fourth-order valence-electron chi connectivity index (χ4n) is 2.67. The van der Waals surface area contributed by atoms with Crippen LogP contribution in [0.1, 0.15) is 19.0 Å². The quantitative estimate of drug-likeness (QED) is 0.880. The largest absolute Gasteiger partial charge is 0.376 e. The van der Waals surface area contributed by atoms with Crippen LogP contribution >= 0.6 is 0 Å². The van der Waals surface area contributed by atoms with E-state index in [1.165, 1.54) is 0 Å². The van der Waals surface area contributed by atoms with Gasteiger partial charge in [-0.15, -0.1) is 10.2 Å². The van der Waals surface area contributed by atoms with Gasteiger partial charge in [-0.3, -0.25) is 0 Å². The predicted octanol–water partition coefficient (Wildman–Crippen LogP) is 1.42. The number of benzene rings is 1. The van der Waals surface area contributed by atoms with Crippen molar-refractivity contribution < 1.29 is 4.74 Å². The molecule has 1 aromatic carbocycles. The number of aromatic nitrogens is 2. The SMILES string of the molecule is CCOC1CC(N)C1Nc1c(C#N)nnc2ccccc12. The van der Waals surface area contributed by atoms with E-state index in [4.69, 9.17) is 10.5 Å². The van der Waals surface area contributed by atoms with Gasteiger partial charge in [-0.05, 0) is 19.4 Å². The van der Waals surface area contributed by atoms with Crippen LogP contribution in [0.5, 0.6) is 0 Å². The Kier molecular flexibility index (Phi) is 3.69. The molecule has 3 N–H and O–H groups in total. The summed E-state index contributed by atoms with van der Waals surface area (Å²) in [4.78, 5) is 0. The van der Waals surface area contributed by atoms with Crippen LogP contribution in [0.2, 0.25) is 0 Å². The van der Waals surface area contributed by atoms with E-state index in [1.807, 2.05) is 31.2 Å². The lowest BCUT2D eigenvalue weighted by atomic mass is 9.83. The van der Waals surface area contributed by atoms with Crippen molar-refractivity contribution >= 4 is 16.6 Å². The summed E-state index contributed by atoms with van der Waals surface area (Å²) >= 11 is 0. The fraction of sp³-hybridized carbons (Fsp3) is 0.400. The van der Waals surface area contributed by atoms with E-state index < -0.39 is 0 Å². The lowest BCUT2D eigenvalue weighted by molar-refractivity contribution is -0.0125. The average Bonchev–Trinajstić information content (AvgIpc) is 2.52. The Labute approximate surface area is 122 Å². The minimum atomic E-state index is -0.00958. The summed E-state index contributed by atoms with van der Waals surface area (Å²) in [5.41, 5.74) is 7.78. The zero-order valence-corrected chi connectivity index (χ0v) is 11.8. The molecule has 0 saturated heterocycles. The Bertz CT molecular complexity index is 694. The van der Waals surface area contributed by atoms with Crippen LogP contribution in [0.3, 0.4) is 0 Å². The molecule has 6 nitrogen and oxygen atoms in total. The van der Waals surface area contributed by atoms with Crippen LogP contribution < -0.4 is 11.1 Å². The molecule has 0 amide bonds. The highest BCUT2D eigenvalue weighted by molar-refractivity contribution is 5.93. The molecule has 0 spiro atoms. The number of nitrogens with zero attached hydrogens (tertiary/aromatic N) is 3. The number of hydrogen-bond acceptors (Lipinski definition) is 6. The highest BCUT2D eigenvalue weighted by Gasteiger charge is 2.40. The zero-order valence-electron chi connectivity index (χ0n) is 11.8. The molecule has 2 aromatic rings. The number of rotatable bonds is 4. The number of nitrogens with one attached hydrogen (secondary N) is 1. The lowest BCUT2D eigenvalue weighted by Crippen LogP contribution is -2.60. The summed E-state index contributed by atoms with van der Waals surface area (Å²) in [5.74, 6) is 0. The summed E-state index contributed by atoms with van der Waals surface area (Å²) in [7, 11) is 0. The summed E-state index contributed by atoms with van der Waals surface area (Å²) in [6.07, 6.45) is 0.896. The van der Waals surface area contributed by atoms with E-state index in [1.54, 1.807) is 0 Å². The molecule has 3 rings (SSSR count). The second-order valence-corrected chi connectivity index (χ2v) is 5.12. The maximum absolute atomic E-state index is 9.26. The van der Waals surface area contributed by atoms with Crippen molar-refractivity contribution in [2.75, 3.05) is 11.9 Å². The molecule has 0 bridgehead atoms. The molecule has 21 heavy (non-hydrogen) atoms. The van der Waals surface area contributed by atoms with Crippen LogP contribution in [0.15, 0.2) is 24.3 Å². The van der Waals surface area contributed by atoms with Gasteiger partial charge >= 0.3 is 0 Å². The summed E-state index contributed by atoms with van der Waals surface area (Å²) < 4.78 is 5.66. The second kappa shape index (κ2) is 5.64. The first-order valence-corrected chi connectivity index (χ1v) is 7.03. The van der Waals surface area contributed by atoms with Gasteiger partial charge in [0.25, 0.3) is 0 Å². The number of anilines is 1. The Hall–Kier alpha value is -2.23. The van der Waals surface area contributed by atoms with Gasteiger partial charge in [0.05, 0.1) is 23.3 Å². The van der Waals surface area contributed by atoms with Gasteiger partial charge in [0.15, 0.2) is 5.69 Å². The number of ether oxygens (including phenoxy) is 1. The zero-order chi connectivity index (χ0) is 14.8. The first kappa shape index (κ1) is 13.7. The second-order valence-electron chi connectivity index (χ2n) is 5.12. The van der Waals surface area contributed by atoms with Crippen LogP contribution in [0.25, 0.3) is 10.9 Å². The van der Waals surface area contributed by atoms with Crippen molar-refractivity contribution in [3.8, 4) is 6.07 Å². The maximum Gasteiger partial charge on any atom is 0.186 e. The Morgan fingerprint density at radius 2 is 2.24 bits per heavy atom. The maximum atomic E-state index is 9.26. The molecule has 1 aliphatic rings. The van der Waals surface area contributed by atoms with Gasteiger partial charge in [-0.25, -0.2) is 0 Å². The minimum Gasteiger partial charge on any atom is -0.376 e. The molecule has 0 aliphatic heterocycles. The number of hydrogen-bond donors (Lipinski definition) is 2. The van der Waals surface area contributed by atoms with Crippen molar-refractivity contribution in [3.63, 3.8) is 0 Å². The Morgan fingerprint density at radius 1 is 1.43 bits per heavy atom. The number of nitriles is 1. The van der Waals surface area contributed by atoms with E-state index in [9.17, 15) is 5.26 Å². The van der Waals surface area contributed by atoms with Gasteiger partial charge in [0.2, 0.25) is 0 Å². The first-order chi connectivity index (χ1) is 10.2. The van der Waals surface area contributed by atoms with Crippen LogP contribution in [0.4, 0.5) is 5.69 Å². The lowest BCUT2D eigenvalue weighted by Gasteiger charge is -2.43. The molecule has 1 aromatic heterocycles. The van der Waals surface area contributed by atoms with Crippen LogP contribution in [-0.2, 0) is 4.74 Å². The van der Waals surface area contributed by atoms with E-state index in [0.717, 1.165) is 17.3 Å². The molecule has 1 aliphatic carbocycles. The number of nitrogens with two attached hydrogens (primary N) is 1. The summed E-state index contributed by atoms with van der Waals surface area (Å²) in [6.45, 7) is 2.61. The molecule has 1 fully saturated rings. The normalized spacial score (nSPS) is 24.3. The van der Waals surface area contributed by atoms with E-state index >= 15 is 0 Å². The smallest absolute Gasteiger partial charge is 0.186 e. The van der Waals surface area contributed by atoms with Crippen molar-refractivity contribution in [1.82, 2.24) is 10.2 Å². The standard InChI is InChI=1S/C15H17N5O/c1-2-21-13-7-10(17)15(13)18-14-9-5-3-4-6-11(9)19-20-12(14)8-16/h3-6,10,13,15H,2,7,17H2,1H3,(H,18,19). The molecule has 108 valence electrons. The predicted molar refractivity (Wildman–Crippen MR) is 79.7 cm³/mol. The third kappa shape index (κ3) is 2.42. The van der Waals surface area contributed by atoms with Gasteiger partial charge in [-0.2, -0.15) is 5.26 Å². The van der Waals surface area contributed by atoms with Crippen LogP contribution in [-0.4, -0.2) is 35.0 Å². The highest BCUT2D eigenvalue weighted by atomic mass is 16.5.